The van der Waals surface area contributed by atoms with E-state index in [0.29, 0.717) is 0 Å². The molecule has 0 saturated heterocycles. The van der Waals surface area contributed by atoms with Crippen LogP contribution in [0.3, 0.4) is 0 Å². The topological polar surface area (TPSA) is 23.8 Å². The molecule has 48 valence electrons. The second-order valence-electron chi connectivity index (χ2n) is 2.10. The van der Waals surface area contributed by atoms with Gasteiger partial charge in [-0.3, -0.25) is 0 Å². The SMILES string of the molecule is N#CC1CC(=C(F)F)C1. The van der Waals surface area contributed by atoms with Gasteiger partial charge >= 0.3 is 0 Å². The number of halogens is 2. The summed E-state index contributed by atoms with van der Waals surface area (Å²) >= 11 is 0. The van der Waals surface area contributed by atoms with Crippen molar-refractivity contribution < 1.29 is 8.78 Å². The van der Waals surface area contributed by atoms with Gasteiger partial charge in [0.15, 0.2) is 0 Å². The van der Waals surface area contributed by atoms with Gasteiger partial charge in [-0.15, -0.1) is 0 Å². The van der Waals surface area contributed by atoms with Crippen LogP contribution in [-0.2, 0) is 0 Å². The third kappa shape index (κ3) is 1.07. The van der Waals surface area contributed by atoms with E-state index in [9.17, 15) is 8.78 Å². The molecule has 0 aromatic heterocycles. The second kappa shape index (κ2) is 2.14. The van der Waals surface area contributed by atoms with Crippen molar-refractivity contribution in [1.82, 2.24) is 0 Å². The summed E-state index contributed by atoms with van der Waals surface area (Å²) in [7, 11) is 0. The summed E-state index contributed by atoms with van der Waals surface area (Å²) in [5, 5.41) is 8.17. The van der Waals surface area contributed by atoms with Crippen molar-refractivity contribution in [3.8, 4) is 6.07 Å². The maximum atomic E-state index is 11.6. The number of rotatable bonds is 0. The standard InChI is InChI=1S/C6H5F2N/c7-6(8)5-1-4(2-5)3-9/h4H,1-2H2. The first-order valence-electron chi connectivity index (χ1n) is 2.66. The lowest BCUT2D eigenvalue weighted by molar-refractivity contribution is 0.370. The summed E-state index contributed by atoms with van der Waals surface area (Å²) < 4.78 is 23.1. The molecule has 1 aliphatic rings. The predicted molar refractivity (Wildman–Crippen MR) is 27.6 cm³/mol. The lowest BCUT2D eigenvalue weighted by atomic mass is 9.82. The predicted octanol–water partition coefficient (Wildman–Crippen LogP) is 2.07. The quantitative estimate of drug-likeness (QED) is 0.491. The van der Waals surface area contributed by atoms with Crippen LogP contribution >= 0.6 is 0 Å². The fraction of sp³-hybridized carbons (Fsp3) is 0.500. The maximum Gasteiger partial charge on any atom is 0.269 e. The molecule has 0 heterocycles. The molecule has 1 saturated carbocycles. The Morgan fingerprint density at radius 3 is 2.44 bits per heavy atom. The van der Waals surface area contributed by atoms with E-state index in [4.69, 9.17) is 5.26 Å². The van der Waals surface area contributed by atoms with Gasteiger partial charge in [0, 0.05) is 0 Å². The van der Waals surface area contributed by atoms with Crippen molar-refractivity contribution in [2.45, 2.75) is 12.8 Å². The Hall–Kier alpha value is -0.910. The van der Waals surface area contributed by atoms with Gasteiger partial charge in [0.2, 0.25) is 0 Å². The molecule has 0 aromatic rings. The second-order valence-corrected chi connectivity index (χ2v) is 2.10. The van der Waals surface area contributed by atoms with E-state index in [2.05, 4.69) is 0 Å². The molecule has 9 heavy (non-hydrogen) atoms. The minimum Gasteiger partial charge on any atom is -0.198 e. The summed E-state index contributed by atoms with van der Waals surface area (Å²) in [5.41, 5.74) is 0.154. The molecule has 0 unspecified atom stereocenters. The Balaban J connectivity index is 2.46. The smallest absolute Gasteiger partial charge is 0.198 e. The Bertz CT molecular complexity index is 178. The van der Waals surface area contributed by atoms with Crippen LogP contribution in [0.5, 0.6) is 0 Å². The summed E-state index contributed by atoms with van der Waals surface area (Å²) in [6.07, 6.45) is -1.04. The molecule has 0 bridgehead atoms. The van der Waals surface area contributed by atoms with E-state index in [1.165, 1.54) is 0 Å². The molecule has 0 atom stereocenters. The third-order valence-corrected chi connectivity index (χ3v) is 1.44. The number of nitriles is 1. The van der Waals surface area contributed by atoms with Crippen LogP contribution < -0.4 is 0 Å². The zero-order valence-corrected chi connectivity index (χ0v) is 4.69. The highest BCUT2D eigenvalue weighted by Crippen LogP contribution is 2.35. The highest BCUT2D eigenvalue weighted by atomic mass is 19.3. The van der Waals surface area contributed by atoms with E-state index >= 15 is 0 Å². The summed E-state index contributed by atoms with van der Waals surface area (Å²) in [4.78, 5) is 0. The van der Waals surface area contributed by atoms with Gasteiger partial charge in [-0.25, -0.2) is 0 Å². The largest absolute Gasteiger partial charge is 0.269 e. The normalized spacial score (nSPS) is 24.6. The van der Waals surface area contributed by atoms with Crippen LogP contribution in [0.4, 0.5) is 8.78 Å². The summed E-state index contributed by atoms with van der Waals surface area (Å²) in [6.45, 7) is 0. The monoisotopic (exact) mass is 129 g/mol. The van der Waals surface area contributed by atoms with Crippen molar-refractivity contribution in [2.75, 3.05) is 0 Å². The number of allylic oxidation sites excluding steroid dienone is 1. The van der Waals surface area contributed by atoms with Crippen molar-refractivity contribution in [3.63, 3.8) is 0 Å². The van der Waals surface area contributed by atoms with Crippen LogP contribution in [0, 0.1) is 17.2 Å². The molecule has 0 amide bonds. The molecule has 1 nitrogen and oxygen atoms in total. The van der Waals surface area contributed by atoms with Gasteiger partial charge in [0.25, 0.3) is 6.08 Å². The molecule has 0 radical (unpaired) electrons. The Morgan fingerprint density at radius 1 is 1.56 bits per heavy atom. The van der Waals surface area contributed by atoms with E-state index in [1.54, 1.807) is 0 Å². The van der Waals surface area contributed by atoms with Crippen molar-refractivity contribution in [1.29, 1.82) is 5.26 Å². The van der Waals surface area contributed by atoms with Crippen molar-refractivity contribution >= 4 is 0 Å². The third-order valence-electron chi connectivity index (χ3n) is 1.44. The van der Waals surface area contributed by atoms with Crippen LogP contribution in [0.1, 0.15) is 12.8 Å². The van der Waals surface area contributed by atoms with Gasteiger partial charge in [0.1, 0.15) is 0 Å². The first kappa shape index (κ1) is 6.21. The summed E-state index contributed by atoms with van der Waals surface area (Å²) in [6, 6.07) is 1.92. The first-order valence-corrected chi connectivity index (χ1v) is 2.66. The molecule has 0 aromatic carbocycles. The molecule has 0 N–H and O–H groups in total. The fourth-order valence-corrected chi connectivity index (χ4v) is 0.781. The zero-order chi connectivity index (χ0) is 6.85. The highest BCUT2D eigenvalue weighted by Gasteiger charge is 2.26. The minimum absolute atomic E-state index is 0.151. The van der Waals surface area contributed by atoms with Crippen LogP contribution in [0.25, 0.3) is 0 Å². The van der Waals surface area contributed by atoms with Gasteiger partial charge in [-0.2, -0.15) is 14.0 Å². The van der Waals surface area contributed by atoms with Crippen molar-refractivity contribution in [3.05, 3.63) is 11.7 Å². The minimum atomic E-state index is -1.60. The molecule has 1 aliphatic carbocycles. The first-order chi connectivity index (χ1) is 4.24. The molecule has 1 fully saturated rings. The number of hydrogen-bond donors (Lipinski definition) is 0. The molecule has 1 rings (SSSR count). The Labute approximate surface area is 51.6 Å². The Morgan fingerprint density at radius 2 is 2.11 bits per heavy atom. The van der Waals surface area contributed by atoms with Gasteiger partial charge in [0.05, 0.1) is 12.0 Å². The number of hydrogen-bond acceptors (Lipinski definition) is 1. The van der Waals surface area contributed by atoms with Gasteiger partial charge < -0.3 is 0 Å². The Kier molecular flexibility index (Phi) is 1.48. The summed E-state index contributed by atoms with van der Waals surface area (Å²) in [5.74, 6) is -0.151. The average molecular weight is 129 g/mol. The van der Waals surface area contributed by atoms with E-state index in [-0.39, 0.29) is 24.3 Å². The molecular weight excluding hydrogens is 124 g/mol. The lowest BCUT2D eigenvalue weighted by Crippen LogP contribution is -2.12. The van der Waals surface area contributed by atoms with E-state index < -0.39 is 6.08 Å². The lowest BCUT2D eigenvalue weighted by Gasteiger charge is -2.20. The number of nitrogens with zero attached hydrogens (tertiary/aromatic N) is 1. The fourth-order valence-electron chi connectivity index (χ4n) is 0.781. The van der Waals surface area contributed by atoms with Crippen LogP contribution in [0.2, 0.25) is 0 Å². The van der Waals surface area contributed by atoms with E-state index in [0.717, 1.165) is 0 Å². The average Bonchev–Trinajstić information content (AvgIpc) is 1.61. The molecular formula is C6H5F2N. The molecule has 3 heteroatoms. The zero-order valence-electron chi connectivity index (χ0n) is 4.69. The maximum absolute atomic E-state index is 11.6. The molecule has 0 spiro atoms. The highest BCUT2D eigenvalue weighted by molar-refractivity contribution is 5.18. The van der Waals surface area contributed by atoms with Crippen LogP contribution in [-0.4, -0.2) is 0 Å². The molecule has 0 aliphatic heterocycles. The van der Waals surface area contributed by atoms with Crippen LogP contribution in [0.15, 0.2) is 11.7 Å². The van der Waals surface area contributed by atoms with Crippen molar-refractivity contribution in [2.24, 2.45) is 5.92 Å². The van der Waals surface area contributed by atoms with Gasteiger partial charge in [-0.05, 0) is 18.4 Å². The van der Waals surface area contributed by atoms with E-state index in [1.807, 2.05) is 6.07 Å². The van der Waals surface area contributed by atoms with Gasteiger partial charge in [-0.1, -0.05) is 0 Å².